The van der Waals surface area contributed by atoms with Gasteiger partial charge in [-0.2, -0.15) is 0 Å². The summed E-state index contributed by atoms with van der Waals surface area (Å²) in [7, 11) is 0. The van der Waals surface area contributed by atoms with Crippen LogP contribution in [0.1, 0.15) is 24.8 Å². The largest absolute Gasteiger partial charge is 0.454 e. The maximum atomic E-state index is 13.6. The molecule has 0 aliphatic carbocycles. The third-order valence-corrected chi connectivity index (χ3v) is 2.62. The first-order valence-electron chi connectivity index (χ1n) is 5.02. The van der Waals surface area contributed by atoms with E-state index in [-0.39, 0.29) is 18.5 Å². The van der Waals surface area contributed by atoms with Crippen molar-refractivity contribution in [1.29, 1.82) is 0 Å². The molecule has 0 fully saturated rings. The second kappa shape index (κ2) is 4.06. The third kappa shape index (κ3) is 1.77. The van der Waals surface area contributed by atoms with E-state index >= 15 is 0 Å². The van der Waals surface area contributed by atoms with Crippen molar-refractivity contribution in [2.45, 2.75) is 19.3 Å². The normalized spacial score (nSPS) is 15.4. The van der Waals surface area contributed by atoms with Gasteiger partial charge in [0.2, 0.25) is 6.79 Å². The van der Waals surface area contributed by atoms with Crippen LogP contribution in [-0.4, -0.2) is 13.3 Å². The first-order chi connectivity index (χ1) is 7.24. The number of hydrogen-bond acceptors (Lipinski definition) is 3. The summed E-state index contributed by atoms with van der Waals surface area (Å²) >= 11 is 0. The standard InChI is InChI=1S/C11H14FNO2/c1-7(4-5-13)10-8(12)2-3-9-11(10)15-6-14-9/h2-3,7H,4-6,13H2,1H3. The SMILES string of the molecule is CC(CCN)c1c(F)ccc2c1OCO2. The van der Waals surface area contributed by atoms with Crippen molar-refractivity contribution in [2.24, 2.45) is 5.73 Å². The van der Waals surface area contributed by atoms with Gasteiger partial charge in [-0.1, -0.05) is 6.92 Å². The minimum absolute atomic E-state index is 0.0478. The Morgan fingerprint density at radius 1 is 1.47 bits per heavy atom. The summed E-state index contributed by atoms with van der Waals surface area (Å²) < 4.78 is 24.1. The molecule has 1 heterocycles. The Morgan fingerprint density at radius 3 is 3.00 bits per heavy atom. The Hall–Kier alpha value is -1.29. The van der Waals surface area contributed by atoms with Crippen molar-refractivity contribution in [3.05, 3.63) is 23.5 Å². The van der Waals surface area contributed by atoms with Crippen LogP contribution < -0.4 is 15.2 Å². The Kier molecular flexibility index (Phi) is 2.77. The Labute approximate surface area is 88.0 Å². The fourth-order valence-electron chi connectivity index (χ4n) is 1.82. The molecule has 82 valence electrons. The number of fused-ring (bicyclic) bond motifs is 1. The van der Waals surface area contributed by atoms with Gasteiger partial charge in [0.05, 0.1) is 0 Å². The average Bonchev–Trinajstić information content (AvgIpc) is 2.65. The van der Waals surface area contributed by atoms with Crippen LogP contribution in [0, 0.1) is 5.82 Å². The van der Waals surface area contributed by atoms with Gasteiger partial charge >= 0.3 is 0 Å². The molecule has 0 radical (unpaired) electrons. The van der Waals surface area contributed by atoms with Crippen LogP contribution >= 0.6 is 0 Å². The number of halogens is 1. The van der Waals surface area contributed by atoms with Crippen molar-refractivity contribution < 1.29 is 13.9 Å². The van der Waals surface area contributed by atoms with Crippen LogP contribution in [0.5, 0.6) is 11.5 Å². The van der Waals surface area contributed by atoms with Gasteiger partial charge in [0.1, 0.15) is 5.82 Å². The summed E-state index contributed by atoms with van der Waals surface area (Å²) in [5.41, 5.74) is 6.05. The van der Waals surface area contributed by atoms with Crippen molar-refractivity contribution in [3.63, 3.8) is 0 Å². The second-order valence-electron chi connectivity index (χ2n) is 3.67. The van der Waals surface area contributed by atoms with E-state index in [2.05, 4.69) is 0 Å². The van der Waals surface area contributed by atoms with E-state index in [0.29, 0.717) is 23.6 Å². The van der Waals surface area contributed by atoms with Crippen LogP contribution in [0.2, 0.25) is 0 Å². The van der Waals surface area contributed by atoms with Crippen LogP contribution in [0.15, 0.2) is 12.1 Å². The number of ether oxygens (including phenoxy) is 2. The highest BCUT2D eigenvalue weighted by molar-refractivity contribution is 5.50. The molecule has 2 N–H and O–H groups in total. The number of nitrogens with two attached hydrogens (primary N) is 1. The maximum absolute atomic E-state index is 13.6. The summed E-state index contributed by atoms with van der Waals surface area (Å²) in [6.07, 6.45) is 0.733. The lowest BCUT2D eigenvalue weighted by atomic mass is 9.96. The van der Waals surface area contributed by atoms with Crippen molar-refractivity contribution in [2.75, 3.05) is 13.3 Å². The summed E-state index contributed by atoms with van der Waals surface area (Å²) in [5.74, 6) is 0.957. The number of benzene rings is 1. The smallest absolute Gasteiger partial charge is 0.231 e. The highest BCUT2D eigenvalue weighted by Gasteiger charge is 2.24. The molecular weight excluding hydrogens is 197 g/mol. The monoisotopic (exact) mass is 211 g/mol. The molecule has 0 amide bonds. The molecule has 2 rings (SSSR count). The lowest BCUT2D eigenvalue weighted by molar-refractivity contribution is 0.172. The van der Waals surface area contributed by atoms with E-state index < -0.39 is 0 Å². The molecular formula is C11H14FNO2. The van der Waals surface area contributed by atoms with Crippen LogP contribution in [-0.2, 0) is 0 Å². The highest BCUT2D eigenvalue weighted by atomic mass is 19.1. The Morgan fingerprint density at radius 2 is 2.27 bits per heavy atom. The van der Waals surface area contributed by atoms with Crippen LogP contribution in [0.4, 0.5) is 4.39 Å². The topological polar surface area (TPSA) is 44.5 Å². The predicted molar refractivity (Wildman–Crippen MR) is 54.6 cm³/mol. The molecule has 0 bridgehead atoms. The molecule has 4 heteroatoms. The average molecular weight is 211 g/mol. The second-order valence-corrected chi connectivity index (χ2v) is 3.67. The first-order valence-corrected chi connectivity index (χ1v) is 5.02. The lowest BCUT2D eigenvalue weighted by Crippen LogP contribution is -2.07. The molecule has 0 spiro atoms. The minimum Gasteiger partial charge on any atom is -0.454 e. The van der Waals surface area contributed by atoms with Crippen molar-refractivity contribution in [1.82, 2.24) is 0 Å². The van der Waals surface area contributed by atoms with E-state index in [1.54, 1.807) is 6.07 Å². The van der Waals surface area contributed by atoms with Crippen molar-refractivity contribution in [3.8, 4) is 11.5 Å². The van der Waals surface area contributed by atoms with Gasteiger partial charge < -0.3 is 15.2 Å². The van der Waals surface area contributed by atoms with Crippen LogP contribution in [0.25, 0.3) is 0 Å². The fraction of sp³-hybridized carbons (Fsp3) is 0.455. The summed E-state index contributed by atoms with van der Waals surface area (Å²) in [6, 6.07) is 3.01. The van der Waals surface area contributed by atoms with Gasteiger partial charge in [0, 0.05) is 5.56 Å². The fourth-order valence-corrected chi connectivity index (χ4v) is 1.82. The molecule has 1 atom stereocenters. The molecule has 0 saturated heterocycles. The van der Waals surface area contributed by atoms with E-state index in [1.165, 1.54) is 6.07 Å². The van der Waals surface area contributed by atoms with E-state index in [4.69, 9.17) is 15.2 Å². The van der Waals surface area contributed by atoms with Crippen molar-refractivity contribution >= 4 is 0 Å². The Bertz CT molecular complexity index is 368. The van der Waals surface area contributed by atoms with Gasteiger partial charge in [-0.15, -0.1) is 0 Å². The Balaban J connectivity index is 2.40. The molecule has 15 heavy (non-hydrogen) atoms. The van der Waals surface area contributed by atoms with Crippen LogP contribution in [0.3, 0.4) is 0 Å². The zero-order valence-corrected chi connectivity index (χ0v) is 8.63. The summed E-state index contributed by atoms with van der Waals surface area (Å²) in [6.45, 7) is 2.64. The predicted octanol–water partition coefficient (Wildman–Crippen LogP) is 2.01. The van der Waals surface area contributed by atoms with Gasteiger partial charge in [-0.05, 0) is 31.0 Å². The summed E-state index contributed by atoms with van der Waals surface area (Å²) in [4.78, 5) is 0. The summed E-state index contributed by atoms with van der Waals surface area (Å²) in [5, 5.41) is 0. The van der Waals surface area contributed by atoms with Gasteiger partial charge in [0.15, 0.2) is 11.5 Å². The molecule has 1 aromatic rings. The van der Waals surface area contributed by atoms with Gasteiger partial charge in [-0.3, -0.25) is 0 Å². The van der Waals surface area contributed by atoms with E-state index in [9.17, 15) is 4.39 Å². The third-order valence-electron chi connectivity index (χ3n) is 2.62. The lowest BCUT2D eigenvalue weighted by Gasteiger charge is -2.13. The van der Waals surface area contributed by atoms with Gasteiger partial charge in [-0.25, -0.2) is 4.39 Å². The molecule has 1 unspecified atom stereocenters. The zero-order valence-electron chi connectivity index (χ0n) is 8.63. The molecule has 1 aromatic carbocycles. The van der Waals surface area contributed by atoms with E-state index in [0.717, 1.165) is 6.42 Å². The van der Waals surface area contributed by atoms with Gasteiger partial charge in [0.25, 0.3) is 0 Å². The van der Waals surface area contributed by atoms with E-state index in [1.807, 2.05) is 6.92 Å². The quantitative estimate of drug-likeness (QED) is 0.831. The zero-order chi connectivity index (χ0) is 10.8. The number of hydrogen-bond donors (Lipinski definition) is 1. The number of rotatable bonds is 3. The molecule has 0 saturated carbocycles. The maximum Gasteiger partial charge on any atom is 0.231 e. The molecule has 0 aromatic heterocycles. The molecule has 3 nitrogen and oxygen atoms in total. The minimum atomic E-state index is -0.250. The molecule has 1 aliphatic rings. The molecule has 1 aliphatic heterocycles. The highest BCUT2D eigenvalue weighted by Crippen LogP contribution is 2.41. The first kappa shape index (κ1) is 10.2.